The second-order valence-electron chi connectivity index (χ2n) is 14.4. The minimum atomic E-state index is -1.19. The fraction of sp³-hybridized carbons (Fsp3) is 0.320. The quantitative estimate of drug-likeness (QED) is 0.0498. The number of aromatic nitrogens is 2. The summed E-state index contributed by atoms with van der Waals surface area (Å²) < 4.78 is 26.8. The van der Waals surface area contributed by atoms with Gasteiger partial charge in [0.15, 0.2) is 0 Å². The van der Waals surface area contributed by atoms with Crippen molar-refractivity contribution in [1.82, 2.24) is 9.13 Å². The van der Waals surface area contributed by atoms with E-state index in [2.05, 4.69) is 108 Å². The number of hydrogen-bond acceptors (Lipinski definition) is 10. The molecule has 2 aromatic heterocycles. The molecule has 4 aromatic carbocycles. The van der Waals surface area contributed by atoms with Gasteiger partial charge in [0.25, 0.3) is 0 Å². The molecule has 0 amide bonds. The van der Waals surface area contributed by atoms with Crippen LogP contribution in [0.5, 0.6) is 11.5 Å². The van der Waals surface area contributed by atoms with E-state index in [1.54, 1.807) is 37.4 Å². The summed E-state index contributed by atoms with van der Waals surface area (Å²) in [6.45, 7) is 10.9. The number of ether oxygens (including phenoxy) is 4. The standard InChI is InChI=1S/2C25H29NO4S.Ca/c2*1-4-29-24(25(27)28)17-19-6-10-21(11-7-19)30-16-15-26-18(2)5-14-23(26)20-8-12-22(31-3)13-9-20;/h2*5-14,24H,4,15-17H2,1-3H3,(H,27,28);/q;;+2/p-2/t2*24-;/m00./s1. The predicted molar refractivity (Wildman–Crippen MR) is 251 cm³/mol. The molecule has 0 aliphatic rings. The Labute approximate surface area is 410 Å². The average molecular weight is 917 g/mol. The fourth-order valence-electron chi connectivity index (χ4n) is 6.96. The Kier molecular flexibility index (Phi) is 21.7. The van der Waals surface area contributed by atoms with Gasteiger partial charge in [-0.15, -0.1) is 23.5 Å². The summed E-state index contributed by atoms with van der Waals surface area (Å²) in [6.07, 6.45) is 2.84. The van der Waals surface area contributed by atoms with Gasteiger partial charge in [-0.2, -0.15) is 0 Å². The van der Waals surface area contributed by atoms with Gasteiger partial charge in [0.2, 0.25) is 0 Å². The van der Waals surface area contributed by atoms with Crippen LogP contribution in [0, 0.1) is 13.8 Å². The molecule has 10 nitrogen and oxygen atoms in total. The summed E-state index contributed by atoms with van der Waals surface area (Å²) in [5.41, 5.74) is 8.83. The van der Waals surface area contributed by atoms with Gasteiger partial charge in [-0.1, -0.05) is 48.5 Å². The molecule has 6 rings (SSSR count). The van der Waals surface area contributed by atoms with Crippen LogP contribution in [0.3, 0.4) is 0 Å². The third-order valence-corrected chi connectivity index (χ3v) is 11.8. The van der Waals surface area contributed by atoms with Crippen molar-refractivity contribution in [2.75, 3.05) is 38.9 Å². The van der Waals surface area contributed by atoms with E-state index >= 15 is 0 Å². The molecule has 0 bridgehead atoms. The molecular weight excluding hydrogens is 861 g/mol. The molecule has 2 atom stereocenters. The van der Waals surface area contributed by atoms with Crippen molar-refractivity contribution in [3.63, 3.8) is 0 Å². The number of carbonyl (C=O) groups excluding carboxylic acids is 2. The van der Waals surface area contributed by atoms with Crippen LogP contribution in [0.1, 0.15) is 36.4 Å². The minimum absolute atomic E-state index is 0. The van der Waals surface area contributed by atoms with Crippen LogP contribution in [-0.4, -0.2) is 110 Å². The zero-order valence-electron chi connectivity index (χ0n) is 37.0. The van der Waals surface area contributed by atoms with E-state index in [-0.39, 0.29) is 50.6 Å². The Hall–Kier alpha value is -4.14. The fourth-order valence-corrected chi connectivity index (χ4v) is 7.78. The van der Waals surface area contributed by atoms with Crippen LogP contribution in [-0.2, 0) is 45.0 Å². The smallest absolute Gasteiger partial charge is 0.547 e. The minimum Gasteiger partial charge on any atom is -0.547 e. The van der Waals surface area contributed by atoms with E-state index < -0.39 is 24.1 Å². The summed E-state index contributed by atoms with van der Waals surface area (Å²) in [6, 6.07) is 40.6. The van der Waals surface area contributed by atoms with Crippen LogP contribution < -0.4 is 19.7 Å². The van der Waals surface area contributed by atoms with Crippen LogP contribution >= 0.6 is 23.5 Å². The predicted octanol–water partition coefficient (Wildman–Crippen LogP) is 7.54. The molecule has 0 aliphatic heterocycles. The van der Waals surface area contributed by atoms with Crippen molar-refractivity contribution in [2.24, 2.45) is 0 Å². The van der Waals surface area contributed by atoms with E-state index in [0.717, 1.165) is 35.7 Å². The Balaban J connectivity index is 0.000000272. The van der Waals surface area contributed by atoms with E-state index in [4.69, 9.17) is 18.9 Å². The van der Waals surface area contributed by atoms with Gasteiger partial charge < -0.3 is 47.9 Å². The molecule has 6 aromatic rings. The second kappa shape index (κ2) is 26.6. The molecule has 0 spiro atoms. The number of carboxylic acid groups (broad SMARTS) is 2. The molecule has 0 unspecified atom stereocenters. The summed E-state index contributed by atoms with van der Waals surface area (Å²) >= 11 is 3.47. The average Bonchev–Trinajstić information content (AvgIpc) is 3.85. The number of carbonyl (C=O) groups is 2. The van der Waals surface area contributed by atoms with Gasteiger partial charge in [0, 0.05) is 58.6 Å². The zero-order chi connectivity index (χ0) is 44.4. The maximum absolute atomic E-state index is 11.1. The number of aryl methyl sites for hydroxylation is 2. The third kappa shape index (κ3) is 15.5. The van der Waals surface area contributed by atoms with Crippen molar-refractivity contribution < 1.29 is 38.7 Å². The van der Waals surface area contributed by atoms with Crippen LogP contribution in [0.25, 0.3) is 22.5 Å². The first-order chi connectivity index (χ1) is 30.0. The van der Waals surface area contributed by atoms with E-state index in [9.17, 15) is 19.8 Å². The van der Waals surface area contributed by atoms with Crippen molar-refractivity contribution in [3.05, 3.63) is 144 Å². The summed E-state index contributed by atoms with van der Waals surface area (Å²) in [5, 5.41) is 22.3. The Morgan fingerprint density at radius 2 is 0.889 bits per heavy atom. The largest absolute Gasteiger partial charge is 2.00 e. The molecule has 0 fully saturated rings. The van der Waals surface area contributed by atoms with Gasteiger partial charge >= 0.3 is 37.7 Å². The molecule has 0 N–H and O–H groups in total. The summed E-state index contributed by atoms with van der Waals surface area (Å²) in [4.78, 5) is 24.8. The van der Waals surface area contributed by atoms with E-state index in [1.807, 2.05) is 48.5 Å². The maximum Gasteiger partial charge on any atom is 2.00 e. The van der Waals surface area contributed by atoms with Crippen molar-refractivity contribution >= 4 is 73.2 Å². The topological polar surface area (TPSA) is 127 Å². The number of aliphatic carboxylic acids is 2. The Morgan fingerprint density at radius 3 is 1.19 bits per heavy atom. The Bertz CT molecular complexity index is 2130. The molecule has 0 radical (unpaired) electrons. The van der Waals surface area contributed by atoms with E-state index in [1.165, 1.54) is 43.7 Å². The first-order valence-electron chi connectivity index (χ1n) is 20.7. The number of hydrogen-bond donors (Lipinski definition) is 0. The maximum atomic E-state index is 11.1. The molecule has 0 saturated carbocycles. The number of rotatable bonds is 22. The van der Waals surface area contributed by atoms with Gasteiger partial charge in [0.05, 0.1) is 25.0 Å². The first kappa shape index (κ1) is 51.5. The Morgan fingerprint density at radius 1 is 0.540 bits per heavy atom. The van der Waals surface area contributed by atoms with Gasteiger partial charge in [-0.05, 0) is 135 Å². The van der Waals surface area contributed by atoms with Crippen LogP contribution in [0.15, 0.2) is 131 Å². The van der Waals surface area contributed by atoms with E-state index in [0.29, 0.717) is 26.4 Å². The number of nitrogens with zero attached hydrogens (tertiary/aromatic N) is 2. The summed E-state index contributed by atoms with van der Waals surface area (Å²) in [5.74, 6) is -0.881. The number of benzene rings is 4. The van der Waals surface area contributed by atoms with Gasteiger partial charge in [-0.3, -0.25) is 0 Å². The van der Waals surface area contributed by atoms with Crippen LogP contribution in [0.4, 0.5) is 0 Å². The SMILES string of the molecule is CCO[C@@H](Cc1ccc(OCCn2c(C)ccc2-c2ccc(SC)cc2)cc1)C(=O)[O-].CCO[C@@H](Cc1ccc(OCCn2c(C)ccc2-c2ccc(SC)cc2)cc1)C(=O)[O-].[Ca+2]. The van der Waals surface area contributed by atoms with Crippen molar-refractivity contribution in [1.29, 1.82) is 0 Å². The number of thioether (sulfide) groups is 2. The molecule has 63 heavy (non-hydrogen) atoms. The zero-order valence-corrected chi connectivity index (χ0v) is 40.9. The van der Waals surface area contributed by atoms with Crippen molar-refractivity contribution in [2.45, 2.75) is 75.6 Å². The summed E-state index contributed by atoms with van der Waals surface area (Å²) in [7, 11) is 0. The monoisotopic (exact) mass is 916 g/mol. The van der Waals surface area contributed by atoms with Crippen LogP contribution in [0.2, 0.25) is 0 Å². The van der Waals surface area contributed by atoms with Gasteiger partial charge in [0.1, 0.15) is 36.9 Å². The molecule has 0 saturated heterocycles. The molecule has 0 aliphatic carbocycles. The normalized spacial score (nSPS) is 11.8. The molecule has 2 heterocycles. The second-order valence-corrected chi connectivity index (χ2v) is 16.2. The van der Waals surface area contributed by atoms with Crippen molar-refractivity contribution in [3.8, 4) is 34.0 Å². The molecular formula is C50H56CaN2O8S2. The third-order valence-electron chi connectivity index (χ3n) is 10.3. The van der Waals surface area contributed by atoms with Gasteiger partial charge in [-0.25, -0.2) is 0 Å². The number of carboxylic acids is 2. The molecule has 328 valence electrons. The first-order valence-corrected chi connectivity index (χ1v) is 23.2. The molecule has 13 heteroatoms.